The van der Waals surface area contributed by atoms with Crippen LogP contribution in [-0.4, -0.2) is 45.4 Å². The Balaban J connectivity index is 1.26. The number of fused-ring (bicyclic) bond motifs is 1. The highest BCUT2D eigenvalue weighted by Crippen LogP contribution is 2.22. The van der Waals surface area contributed by atoms with Crippen LogP contribution in [0.1, 0.15) is 18.4 Å². The lowest BCUT2D eigenvalue weighted by atomic mass is 9.96. The zero-order valence-corrected chi connectivity index (χ0v) is 14.6. The zero-order chi connectivity index (χ0) is 17.8. The molecule has 26 heavy (non-hydrogen) atoms. The van der Waals surface area contributed by atoms with Crippen LogP contribution in [0, 0.1) is 5.92 Å². The number of nitrogens with one attached hydrogen (secondary N) is 1. The highest BCUT2D eigenvalue weighted by Gasteiger charge is 2.25. The van der Waals surface area contributed by atoms with Gasteiger partial charge in [0.2, 0.25) is 5.91 Å². The predicted octanol–water partition coefficient (Wildman–Crippen LogP) is 1.70. The molecule has 3 aromatic rings. The van der Waals surface area contributed by atoms with Crippen molar-refractivity contribution >= 4 is 17.4 Å². The molecule has 1 saturated heterocycles. The lowest BCUT2D eigenvalue weighted by Crippen LogP contribution is -2.41. The standard InChI is InChI=1S/C19H22N6O/c26-19(20-11-8-15-4-2-1-3-5-15)16-9-12-24(13-10-16)18-7-6-17-22-21-14-25(17)23-18/h1-7,14,16H,8-13H2,(H,20,26). The first-order valence-corrected chi connectivity index (χ1v) is 9.03. The number of benzene rings is 1. The number of amides is 1. The molecule has 4 rings (SSSR count). The number of aromatic nitrogens is 4. The average molecular weight is 350 g/mol. The third kappa shape index (κ3) is 3.66. The normalized spacial score (nSPS) is 15.3. The number of hydrogen-bond donors (Lipinski definition) is 1. The quantitative estimate of drug-likeness (QED) is 0.758. The molecule has 0 radical (unpaired) electrons. The first kappa shape index (κ1) is 16.5. The number of hydrogen-bond acceptors (Lipinski definition) is 5. The van der Waals surface area contributed by atoms with Gasteiger partial charge in [0, 0.05) is 25.6 Å². The van der Waals surface area contributed by atoms with E-state index in [0.717, 1.165) is 43.8 Å². The maximum Gasteiger partial charge on any atom is 0.223 e. The van der Waals surface area contributed by atoms with Crippen molar-refractivity contribution < 1.29 is 4.79 Å². The molecule has 1 fully saturated rings. The number of piperidine rings is 1. The minimum atomic E-state index is 0.0840. The van der Waals surface area contributed by atoms with E-state index in [2.05, 4.69) is 37.6 Å². The first-order chi connectivity index (χ1) is 12.8. The Labute approximate surface area is 152 Å². The summed E-state index contributed by atoms with van der Waals surface area (Å²) < 4.78 is 1.68. The van der Waals surface area contributed by atoms with Crippen molar-refractivity contribution in [2.24, 2.45) is 5.92 Å². The lowest BCUT2D eigenvalue weighted by Gasteiger charge is -2.32. The van der Waals surface area contributed by atoms with E-state index < -0.39 is 0 Å². The summed E-state index contributed by atoms with van der Waals surface area (Å²) in [6, 6.07) is 14.1. The van der Waals surface area contributed by atoms with Crippen LogP contribution in [-0.2, 0) is 11.2 Å². The van der Waals surface area contributed by atoms with Gasteiger partial charge < -0.3 is 10.2 Å². The summed E-state index contributed by atoms with van der Waals surface area (Å²) in [4.78, 5) is 14.6. The van der Waals surface area contributed by atoms with Crippen molar-refractivity contribution in [1.82, 2.24) is 25.1 Å². The molecule has 1 aliphatic rings. The van der Waals surface area contributed by atoms with Crippen LogP contribution in [0.25, 0.3) is 5.65 Å². The highest BCUT2D eigenvalue weighted by molar-refractivity contribution is 5.79. The monoisotopic (exact) mass is 350 g/mol. The van der Waals surface area contributed by atoms with Gasteiger partial charge in [-0.1, -0.05) is 30.3 Å². The van der Waals surface area contributed by atoms with Crippen LogP contribution in [0.15, 0.2) is 48.8 Å². The van der Waals surface area contributed by atoms with Gasteiger partial charge in [-0.2, -0.15) is 4.52 Å². The molecule has 7 heteroatoms. The molecule has 134 valence electrons. The molecule has 0 spiro atoms. The maximum atomic E-state index is 12.4. The Kier molecular flexibility index (Phi) is 4.77. The molecule has 3 heterocycles. The molecular weight excluding hydrogens is 328 g/mol. The van der Waals surface area contributed by atoms with Crippen LogP contribution in [0.5, 0.6) is 0 Å². The average Bonchev–Trinajstić information content (AvgIpc) is 3.17. The van der Waals surface area contributed by atoms with Crippen LogP contribution < -0.4 is 10.2 Å². The van der Waals surface area contributed by atoms with Crippen LogP contribution >= 0.6 is 0 Å². The summed E-state index contributed by atoms with van der Waals surface area (Å²) in [5.41, 5.74) is 1.99. The van der Waals surface area contributed by atoms with E-state index in [-0.39, 0.29) is 11.8 Å². The summed E-state index contributed by atoms with van der Waals surface area (Å²) in [7, 11) is 0. The number of anilines is 1. The van der Waals surface area contributed by atoms with Gasteiger partial charge in [-0.3, -0.25) is 4.79 Å². The summed E-state index contributed by atoms with van der Waals surface area (Å²) >= 11 is 0. The Hall–Kier alpha value is -2.96. The second-order valence-electron chi connectivity index (χ2n) is 6.61. The van der Waals surface area contributed by atoms with E-state index in [4.69, 9.17) is 0 Å². The van der Waals surface area contributed by atoms with Gasteiger partial charge in [0.1, 0.15) is 12.1 Å². The molecule has 1 aliphatic heterocycles. The third-order valence-corrected chi connectivity index (χ3v) is 4.89. The van der Waals surface area contributed by atoms with E-state index in [1.165, 1.54) is 5.56 Å². The van der Waals surface area contributed by atoms with Crippen molar-refractivity contribution in [2.75, 3.05) is 24.5 Å². The van der Waals surface area contributed by atoms with Crippen molar-refractivity contribution in [1.29, 1.82) is 0 Å². The number of carbonyl (C=O) groups is 1. The molecule has 0 atom stereocenters. The van der Waals surface area contributed by atoms with Gasteiger partial charge in [0.05, 0.1) is 0 Å². The summed E-state index contributed by atoms with van der Waals surface area (Å²) in [5.74, 6) is 1.16. The largest absolute Gasteiger partial charge is 0.356 e. The molecule has 0 bridgehead atoms. The molecular formula is C19H22N6O. The fourth-order valence-corrected chi connectivity index (χ4v) is 3.38. The smallest absolute Gasteiger partial charge is 0.223 e. The lowest BCUT2D eigenvalue weighted by molar-refractivity contribution is -0.125. The summed E-state index contributed by atoms with van der Waals surface area (Å²) in [6.45, 7) is 2.35. The van der Waals surface area contributed by atoms with E-state index in [0.29, 0.717) is 6.54 Å². The van der Waals surface area contributed by atoms with Gasteiger partial charge in [0.25, 0.3) is 0 Å². The number of carbonyl (C=O) groups excluding carboxylic acids is 1. The third-order valence-electron chi connectivity index (χ3n) is 4.89. The van der Waals surface area contributed by atoms with Crippen molar-refractivity contribution in [3.63, 3.8) is 0 Å². The fourth-order valence-electron chi connectivity index (χ4n) is 3.38. The number of rotatable bonds is 5. The van der Waals surface area contributed by atoms with Gasteiger partial charge in [-0.05, 0) is 37.0 Å². The molecule has 7 nitrogen and oxygen atoms in total. The van der Waals surface area contributed by atoms with Crippen LogP contribution in [0.4, 0.5) is 5.82 Å². The first-order valence-electron chi connectivity index (χ1n) is 9.03. The molecule has 1 N–H and O–H groups in total. The van der Waals surface area contributed by atoms with E-state index in [1.807, 2.05) is 30.3 Å². The van der Waals surface area contributed by atoms with E-state index >= 15 is 0 Å². The minimum Gasteiger partial charge on any atom is -0.356 e. The predicted molar refractivity (Wildman–Crippen MR) is 98.9 cm³/mol. The fraction of sp³-hybridized carbons (Fsp3) is 0.368. The van der Waals surface area contributed by atoms with Gasteiger partial charge >= 0.3 is 0 Å². The van der Waals surface area contributed by atoms with Crippen molar-refractivity contribution in [3.8, 4) is 0 Å². The topological polar surface area (TPSA) is 75.4 Å². The summed E-state index contributed by atoms with van der Waals surface area (Å²) in [6.07, 6.45) is 4.16. The molecule has 0 aliphatic carbocycles. The van der Waals surface area contributed by atoms with Crippen LogP contribution in [0.2, 0.25) is 0 Å². The molecule has 2 aromatic heterocycles. The Bertz CT molecular complexity index is 870. The minimum absolute atomic E-state index is 0.0840. The van der Waals surface area contributed by atoms with Gasteiger partial charge in [-0.25, -0.2) is 0 Å². The molecule has 1 amide bonds. The second kappa shape index (κ2) is 7.51. The summed E-state index contributed by atoms with van der Waals surface area (Å²) in [5, 5.41) is 15.4. The zero-order valence-electron chi connectivity index (χ0n) is 14.6. The molecule has 1 aromatic carbocycles. The van der Waals surface area contributed by atoms with Crippen molar-refractivity contribution in [2.45, 2.75) is 19.3 Å². The van der Waals surface area contributed by atoms with Crippen molar-refractivity contribution in [3.05, 3.63) is 54.4 Å². The van der Waals surface area contributed by atoms with Gasteiger partial charge in [0.15, 0.2) is 5.65 Å². The maximum absolute atomic E-state index is 12.4. The van der Waals surface area contributed by atoms with Crippen LogP contribution in [0.3, 0.4) is 0 Å². The Morgan fingerprint density at radius 1 is 1.12 bits per heavy atom. The highest BCUT2D eigenvalue weighted by atomic mass is 16.1. The molecule has 0 unspecified atom stereocenters. The second-order valence-corrected chi connectivity index (χ2v) is 6.61. The molecule has 0 saturated carbocycles. The number of nitrogens with zero attached hydrogens (tertiary/aromatic N) is 5. The Morgan fingerprint density at radius 2 is 1.92 bits per heavy atom. The van der Waals surface area contributed by atoms with Gasteiger partial charge in [-0.15, -0.1) is 15.3 Å². The van der Waals surface area contributed by atoms with E-state index in [1.54, 1.807) is 10.8 Å². The Morgan fingerprint density at radius 3 is 2.73 bits per heavy atom. The van der Waals surface area contributed by atoms with E-state index in [9.17, 15) is 4.79 Å². The SMILES string of the molecule is O=C(NCCc1ccccc1)C1CCN(c2ccc3nncn3n2)CC1.